The van der Waals surface area contributed by atoms with Crippen molar-refractivity contribution in [2.24, 2.45) is 4.99 Å². The van der Waals surface area contributed by atoms with Crippen molar-refractivity contribution in [2.45, 2.75) is 26.2 Å². The predicted molar refractivity (Wildman–Crippen MR) is 106 cm³/mol. The highest BCUT2D eigenvalue weighted by molar-refractivity contribution is 7.91. The average Bonchev–Trinajstić information content (AvgIpc) is 3.09. The summed E-state index contributed by atoms with van der Waals surface area (Å²) in [6.07, 6.45) is 0. The number of sulfone groups is 1. The lowest BCUT2D eigenvalue weighted by atomic mass is 9.92. The molecule has 0 atom stereocenters. The molecule has 1 aromatic rings. The Labute approximate surface area is 155 Å². The van der Waals surface area contributed by atoms with Crippen molar-refractivity contribution in [3.8, 4) is 0 Å². The molecule has 2 heterocycles. The Kier molecular flexibility index (Phi) is 7.27. The van der Waals surface area contributed by atoms with E-state index in [9.17, 15) is 8.42 Å². The average molecular weight is 387 g/mol. The van der Waals surface area contributed by atoms with Crippen LogP contribution in [0.1, 0.15) is 25.6 Å². The molecule has 1 fully saturated rings. The molecule has 6 nitrogen and oxygen atoms in total. The number of hydrogen-bond donors (Lipinski definition) is 2. The van der Waals surface area contributed by atoms with Gasteiger partial charge in [0.05, 0.1) is 18.1 Å². The third-order valence-electron chi connectivity index (χ3n) is 4.32. The first kappa shape index (κ1) is 20.2. The van der Waals surface area contributed by atoms with Gasteiger partial charge in [0.15, 0.2) is 15.8 Å². The molecule has 0 radical (unpaired) electrons. The Morgan fingerprint density at radius 2 is 2.04 bits per heavy atom. The number of hydrogen-bond acceptors (Lipinski definition) is 5. The Bertz CT molecular complexity index is 640. The Morgan fingerprint density at radius 3 is 2.64 bits per heavy atom. The monoisotopic (exact) mass is 386 g/mol. The van der Waals surface area contributed by atoms with Gasteiger partial charge in [-0.05, 0) is 18.4 Å². The van der Waals surface area contributed by atoms with Gasteiger partial charge in [0.2, 0.25) is 0 Å². The second-order valence-electron chi connectivity index (χ2n) is 6.98. The highest BCUT2D eigenvalue weighted by Crippen LogP contribution is 2.27. The number of nitrogens with one attached hydrogen (secondary N) is 2. The van der Waals surface area contributed by atoms with Gasteiger partial charge < -0.3 is 10.6 Å². The Hall–Kier alpha value is -1.12. The van der Waals surface area contributed by atoms with Crippen molar-refractivity contribution < 1.29 is 8.42 Å². The Morgan fingerprint density at radius 1 is 1.32 bits per heavy atom. The van der Waals surface area contributed by atoms with Gasteiger partial charge in [-0.1, -0.05) is 19.9 Å². The van der Waals surface area contributed by atoms with E-state index in [1.54, 1.807) is 11.3 Å². The first-order valence-corrected chi connectivity index (χ1v) is 11.5. The fourth-order valence-electron chi connectivity index (χ4n) is 2.67. The lowest BCUT2D eigenvalue weighted by Gasteiger charge is -2.27. The Balaban J connectivity index is 1.82. The molecule has 0 aliphatic carbocycles. The van der Waals surface area contributed by atoms with Crippen LogP contribution in [0.5, 0.6) is 0 Å². The standard InChI is InChI=1S/C17H30N4O2S2/c1-4-18-16(20-14-17(2,3)15-6-5-11-24-15)19-7-8-21-9-12-25(22,23)13-10-21/h5-6,11H,4,7-10,12-14H2,1-3H3,(H2,18,19,20). The fourth-order valence-corrected chi connectivity index (χ4v) is 4.79. The summed E-state index contributed by atoms with van der Waals surface area (Å²) in [5, 5.41) is 8.74. The number of nitrogens with zero attached hydrogens (tertiary/aromatic N) is 2. The number of thiophene rings is 1. The van der Waals surface area contributed by atoms with Crippen LogP contribution in [0.3, 0.4) is 0 Å². The van der Waals surface area contributed by atoms with E-state index in [0.29, 0.717) is 19.6 Å². The van der Waals surface area contributed by atoms with Crippen LogP contribution in [-0.4, -0.2) is 70.1 Å². The van der Waals surface area contributed by atoms with Crippen LogP contribution in [-0.2, 0) is 15.3 Å². The van der Waals surface area contributed by atoms with E-state index in [1.165, 1.54) is 4.88 Å². The van der Waals surface area contributed by atoms with Gasteiger partial charge in [0, 0.05) is 43.0 Å². The minimum Gasteiger partial charge on any atom is -0.357 e. The van der Waals surface area contributed by atoms with Crippen LogP contribution in [0.25, 0.3) is 0 Å². The number of guanidine groups is 1. The summed E-state index contributed by atoms with van der Waals surface area (Å²) in [6.45, 7) is 10.8. The van der Waals surface area contributed by atoms with Crippen LogP contribution in [0, 0.1) is 0 Å². The maximum absolute atomic E-state index is 11.5. The van der Waals surface area contributed by atoms with Crippen molar-refractivity contribution in [1.82, 2.24) is 15.5 Å². The van der Waals surface area contributed by atoms with E-state index in [0.717, 1.165) is 25.6 Å². The van der Waals surface area contributed by atoms with Gasteiger partial charge in [0.1, 0.15) is 0 Å². The van der Waals surface area contributed by atoms with Crippen LogP contribution >= 0.6 is 11.3 Å². The smallest absolute Gasteiger partial charge is 0.191 e. The van der Waals surface area contributed by atoms with E-state index in [1.807, 2.05) is 0 Å². The maximum Gasteiger partial charge on any atom is 0.191 e. The molecule has 8 heteroatoms. The van der Waals surface area contributed by atoms with Crippen molar-refractivity contribution >= 4 is 27.1 Å². The zero-order valence-electron chi connectivity index (χ0n) is 15.4. The van der Waals surface area contributed by atoms with Crippen LogP contribution in [0.4, 0.5) is 0 Å². The molecule has 25 heavy (non-hydrogen) atoms. The third kappa shape index (κ3) is 6.60. The zero-order chi connectivity index (χ0) is 18.3. The molecule has 142 valence electrons. The van der Waals surface area contributed by atoms with Gasteiger partial charge in [-0.2, -0.15) is 0 Å². The van der Waals surface area contributed by atoms with Crippen LogP contribution < -0.4 is 10.6 Å². The molecule has 1 aliphatic heterocycles. The largest absolute Gasteiger partial charge is 0.357 e. The van der Waals surface area contributed by atoms with Crippen LogP contribution in [0.15, 0.2) is 22.5 Å². The summed E-state index contributed by atoms with van der Waals surface area (Å²) in [5.41, 5.74) is 0.0117. The molecule has 1 saturated heterocycles. The lowest BCUT2D eigenvalue weighted by molar-refractivity contribution is 0.299. The molecule has 1 aromatic heterocycles. The van der Waals surface area contributed by atoms with Gasteiger partial charge >= 0.3 is 0 Å². The fraction of sp³-hybridized carbons (Fsp3) is 0.706. The topological polar surface area (TPSA) is 73.8 Å². The van der Waals surface area contributed by atoms with Gasteiger partial charge in [-0.3, -0.25) is 9.89 Å². The van der Waals surface area contributed by atoms with E-state index in [4.69, 9.17) is 4.99 Å². The molecule has 0 amide bonds. The molecule has 1 aliphatic rings. The van der Waals surface area contributed by atoms with Crippen molar-refractivity contribution in [3.63, 3.8) is 0 Å². The summed E-state index contributed by atoms with van der Waals surface area (Å²) >= 11 is 1.77. The van der Waals surface area contributed by atoms with E-state index >= 15 is 0 Å². The molecule has 0 bridgehead atoms. The summed E-state index contributed by atoms with van der Waals surface area (Å²) in [7, 11) is -2.81. The third-order valence-corrected chi connectivity index (χ3v) is 7.17. The van der Waals surface area contributed by atoms with Crippen LogP contribution in [0.2, 0.25) is 0 Å². The van der Waals surface area contributed by atoms with Gasteiger partial charge in [-0.25, -0.2) is 8.42 Å². The second-order valence-corrected chi connectivity index (χ2v) is 10.2. The predicted octanol–water partition coefficient (Wildman–Crippen LogP) is 1.31. The summed E-state index contributed by atoms with van der Waals surface area (Å²) < 4.78 is 22.9. The zero-order valence-corrected chi connectivity index (χ0v) is 17.0. The maximum atomic E-state index is 11.5. The molecular formula is C17H30N4O2S2. The first-order valence-electron chi connectivity index (χ1n) is 8.81. The van der Waals surface area contributed by atoms with Gasteiger partial charge in [-0.15, -0.1) is 11.3 Å². The van der Waals surface area contributed by atoms with Crippen molar-refractivity contribution in [3.05, 3.63) is 22.4 Å². The lowest BCUT2D eigenvalue weighted by Crippen LogP contribution is -2.46. The summed E-state index contributed by atoms with van der Waals surface area (Å²) in [5.74, 6) is 1.36. The highest BCUT2D eigenvalue weighted by atomic mass is 32.2. The number of rotatable bonds is 7. The van der Waals surface area contributed by atoms with E-state index < -0.39 is 9.84 Å². The summed E-state index contributed by atoms with van der Waals surface area (Å²) in [6, 6.07) is 4.23. The SMILES string of the molecule is CCNC(=NCC(C)(C)c1cccs1)NCCN1CCS(=O)(=O)CC1. The molecule has 0 saturated carbocycles. The first-order chi connectivity index (χ1) is 11.8. The highest BCUT2D eigenvalue weighted by Gasteiger charge is 2.22. The van der Waals surface area contributed by atoms with Crippen molar-refractivity contribution in [1.29, 1.82) is 0 Å². The molecule has 2 N–H and O–H groups in total. The van der Waals surface area contributed by atoms with E-state index in [-0.39, 0.29) is 16.9 Å². The second kappa shape index (κ2) is 9.00. The molecular weight excluding hydrogens is 356 g/mol. The quantitative estimate of drug-likeness (QED) is 0.546. The minimum absolute atomic E-state index is 0.0117. The molecule has 0 aromatic carbocycles. The van der Waals surface area contributed by atoms with Crippen molar-refractivity contribution in [2.75, 3.05) is 50.8 Å². The number of aliphatic imine (C=N–C) groups is 1. The molecule has 0 spiro atoms. The van der Waals surface area contributed by atoms with Gasteiger partial charge in [0.25, 0.3) is 0 Å². The van der Waals surface area contributed by atoms with E-state index in [2.05, 4.69) is 53.8 Å². The minimum atomic E-state index is -2.81. The normalized spacial score (nSPS) is 18.9. The molecule has 2 rings (SSSR count). The molecule has 0 unspecified atom stereocenters. The summed E-state index contributed by atoms with van der Waals surface area (Å²) in [4.78, 5) is 8.26.